The summed E-state index contributed by atoms with van der Waals surface area (Å²) in [7, 11) is 1.92. The van der Waals surface area contributed by atoms with Crippen LogP contribution >= 0.6 is 0 Å². The molecule has 4 rings (SSSR count). The molecule has 0 aliphatic heterocycles. The highest BCUT2D eigenvalue weighted by Crippen LogP contribution is 2.27. The number of fused-ring (bicyclic) bond motifs is 1. The van der Waals surface area contributed by atoms with Gasteiger partial charge in [0.1, 0.15) is 11.4 Å². The van der Waals surface area contributed by atoms with Crippen molar-refractivity contribution < 1.29 is 5.11 Å². The summed E-state index contributed by atoms with van der Waals surface area (Å²) in [6, 6.07) is 16.7. The third-order valence-corrected chi connectivity index (χ3v) is 3.76. The van der Waals surface area contributed by atoms with E-state index >= 15 is 0 Å². The summed E-state index contributed by atoms with van der Waals surface area (Å²) in [4.78, 5) is 8.79. The van der Waals surface area contributed by atoms with E-state index in [9.17, 15) is 5.11 Å². The second kappa shape index (κ2) is 5.66. The number of phenolic OH excluding ortho intramolecular Hbond substituents is 1. The Morgan fingerprint density at radius 3 is 2.79 bits per heavy atom. The van der Waals surface area contributed by atoms with Gasteiger partial charge in [-0.3, -0.25) is 4.68 Å². The molecular formula is C18H15N5O. The number of aromatic hydroxyl groups is 1. The summed E-state index contributed by atoms with van der Waals surface area (Å²) in [6.07, 6.45) is 1.69. The molecule has 2 aromatic carbocycles. The number of phenols is 1. The maximum atomic E-state index is 9.55. The smallest absolute Gasteiger partial charge is 0.227 e. The summed E-state index contributed by atoms with van der Waals surface area (Å²) in [5.41, 5.74) is 3.32. The molecule has 0 radical (unpaired) electrons. The van der Waals surface area contributed by atoms with Crippen LogP contribution in [0.4, 0.5) is 11.6 Å². The molecule has 0 fully saturated rings. The number of hydrogen-bond acceptors (Lipinski definition) is 5. The van der Waals surface area contributed by atoms with Crippen molar-refractivity contribution in [3.63, 3.8) is 0 Å². The molecule has 6 heteroatoms. The average Bonchev–Trinajstić information content (AvgIpc) is 2.93. The summed E-state index contributed by atoms with van der Waals surface area (Å²) < 4.78 is 1.84. The van der Waals surface area contributed by atoms with Gasteiger partial charge in [-0.05, 0) is 24.3 Å². The molecule has 4 aromatic rings. The normalized spacial score (nSPS) is 10.9. The van der Waals surface area contributed by atoms with Crippen molar-refractivity contribution in [2.24, 2.45) is 7.05 Å². The molecule has 0 spiro atoms. The van der Waals surface area contributed by atoms with Crippen LogP contribution in [0.3, 0.4) is 0 Å². The minimum Gasteiger partial charge on any atom is -0.508 e. The summed E-state index contributed by atoms with van der Waals surface area (Å²) in [5.74, 6) is 0.639. The Balaban J connectivity index is 1.74. The largest absolute Gasteiger partial charge is 0.508 e. The summed E-state index contributed by atoms with van der Waals surface area (Å²) >= 11 is 0. The van der Waals surface area contributed by atoms with Crippen LogP contribution in [0.2, 0.25) is 0 Å². The minimum atomic E-state index is 0.187. The summed E-state index contributed by atoms with van der Waals surface area (Å²) in [5, 5.41) is 18.3. The van der Waals surface area contributed by atoms with E-state index in [0.717, 1.165) is 28.0 Å². The molecule has 0 amide bonds. The first-order valence-electron chi connectivity index (χ1n) is 7.52. The monoisotopic (exact) mass is 317 g/mol. The van der Waals surface area contributed by atoms with E-state index in [1.165, 1.54) is 0 Å². The maximum Gasteiger partial charge on any atom is 0.227 e. The molecule has 24 heavy (non-hydrogen) atoms. The van der Waals surface area contributed by atoms with Crippen LogP contribution in [0, 0.1) is 0 Å². The zero-order valence-corrected chi connectivity index (χ0v) is 13.0. The van der Waals surface area contributed by atoms with E-state index < -0.39 is 0 Å². The molecule has 2 N–H and O–H groups in total. The predicted octanol–water partition coefficient (Wildman–Crippen LogP) is 3.48. The standard InChI is InChI=1S/C18H15N5O/c1-23-16-8-3-2-7-14(16)17(22-23)15-9-10-19-18(21-15)20-12-5-4-6-13(24)11-12/h2-11,24H,1H3,(H,19,20,21). The Morgan fingerprint density at radius 2 is 1.92 bits per heavy atom. The van der Waals surface area contributed by atoms with Crippen molar-refractivity contribution in [2.75, 3.05) is 5.32 Å². The van der Waals surface area contributed by atoms with Crippen molar-refractivity contribution in [1.82, 2.24) is 19.7 Å². The van der Waals surface area contributed by atoms with E-state index in [2.05, 4.69) is 20.4 Å². The van der Waals surface area contributed by atoms with Crippen LogP contribution in [0.15, 0.2) is 60.8 Å². The Hall–Kier alpha value is -3.41. The van der Waals surface area contributed by atoms with Crippen LogP contribution in [0.25, 0.3) is 22.3 Å². The average molecular weight is 317 g/mol. The number of aryl methyl sites for hydroxylation is 1. The molecule has 0 aliphatic carbocycles. The fraction of sp³-hybridized carbons (Fsp3) is 0.0556. The highest BCUT2D eigenvalue weighted by molar-refractivity contribution is 5.92. The third kappa shape index (κ3) is 2.54. The molecule has 2 aromatic heterocycles. The molecule has 0 unspecified atom stereocenters. The lowest BCUT2D eigenvalue weighted by molar-refractivity contribution is 0.475. The van der Waals surface area contributed by atoms with E-state index in [1.807, 2.05) is 48.1 Å². The zero-order valence-electron chi connectivity index (χ0n) is 13.0. The molecule has 6 nitrogen and oxygen atoms in total. The highest BCUT2D eigenvalue weighted by atomic mass is 16.3. The maximum absolute atomic E-state index is 9.55. The van der Waals surface area contributed by atoms with Crippen LogP contribution in [-0.4, -0.2) is 24.9 Å². The van der Waals surface area contributed by atoms with E-state index in [0.29, 0.717) is 5.95 Å². The van der Waals surface area contributed by atoms with Gasteiger partial charge in [0.2, 0.25) is 5.95 Å². The molecule has 0 atom stereocenters. The van der Waals surface area contributed by atoms with Crippen molar-refractivity contribution in [3.8, 4) is 17.1 Å². The molecular weight excluding hydrogens is 302 g/mol. The first kappa shape index (κ1) is 14.2. The fourth-order valence-electron chi connectivity index (χ4n) is 2.67. The van der Waals surface area contributed by atoms with E-state index in [-0.39, 0.29) is 5.75 Å². The fourth-order valence-corrected chi connectivity index (χ4v) is 2.67. The second-order valence-corrected chi connectivity index (χ2v) is 5.43. The van der Waals surface area contributed by atoms with Gasteiger partial charge in [-0.1, -0.05) is 24.3 Å². The number of aromatic nitrogens is 4. The lowest BCUT2D eigenvalue weighted by Crippen LogP contribution is -1.98. The first-order valence-corrected chi connectivity index (χ1v) is 7.52. The Kier molecular flexibility index (Phi) is 3.35. The van der Waals surface area contributed by atoms with Gasteiger partial charge in [-0.2, -0.15) is 5.10 Å². The number of rotatable bonds is 3. The van der Waals surface area contributed by atoms with Gasteiger partial charge in [0.05, 0.1) is 11.2 Å². The van der Waals surface area contributed by atoms with Crippen LogP contribution in [0.1, 0.15) is 0 Å². The molecule has 2 heterocycles. The van der Waals surface area contributed by atoms with E-state index in [4.69, 9.17) is 0 Å². The van der Waals surface area contributed by atoms with Gasteiger partial charge in [0, 0.05) is 30.4 Å². The van der Waals surface area contributed by atoms with Gasteiger partial charge in [-0.25, -0.2) is 9.97 Å². The van der Waals surface area contributed by atoms with Crippen molar-refractivity contribution in [1.29, 1.82) is 0 Å². The molecule has 0 saturated heterocycles. The lowest BCUT2D eigenvalue weighted by atomic mass is 10.1. The van der Waals surface area contributed by atoms with Gasteiger partial charge >= 0.3 is 0 Å². The van der Waals surface area contributed by atoms with Crippen LogP contribution in [0.5, 0.6) is 5.75 Å². The van der Waals surface area contributed by atoms with Crippen LogP contribution < -0.4 is 5.32 Å². The number of nitrogens with one attached hydrogen (secondary N) is 1. The Labute approximate surface area is 138 Å². The lowest BCUT2D eigenvalue weighted by Gasteiger charge is -2.06. The first-order chi connectivity index (χ1) is 11.7. The number of nitrogens with zero attached hydrogens (tertiary/aromatic N) is 4. The molecule has 0 saturated carbocycles. The highest BCUT2D eigenvalue weighted by Gasteiger charge is 2.12. The third-order valence-electron chi connectivity index (χ3n) is 3.76. The number of anilines is 2. The van der Waals surface area contributed by atoms with Crippen molar-refractivity contribution in [3.05, 3.63) is 60.8 Å². The molecule has 0 aliphatic rings. The van der Waals surface area contributed by atoms with Crippen LogP contribution in [-0.2, 0) is 7.05 Å². The SMILES string of the molecule is Cn1nc(-c2ccnc(Nc3cccc(O)c3)n2)c2ccccc21. The zero-order chi connectivity index (χ0) is 16.5. The Morgan fingerprint density at radius 1 is 1.04 bits per heavy atom. The van der Waals surface area contributed by atoms with Gasteiger partial charge < -0.3 is 10.4 Å². The molecule has 118 valence electrons. The quantitative estimate of drug-likeness (QED) is 0.605. The van der Waals surface area contributed by atoms with Gasteiger partial charge in [0.25, 0.3) is 0 Å². The number of hydrogen-bond donors (Lipinski definition) is 2. The predicted molar refractivity (Wildman–Crippen MR) is 93.1 cm³/mol. The molecule has 0 bridgehead atoms. The van der Waals surface area contributed by atoms with Gasteiger partial charge in [-0.15, -0.1) is 0 Å². The number of benzene rings is 2. The Bertz CT molecular complexity index is 1020. The topological polar surface area (TPSA) is 75.9 Å². The van der Waals surface area contributed by atoms with E-state index in [1.54, 1.807) is 24.4 Å². The van der Waals surface area contributed by atoms with Crippen molar-refractivity contribution in [2.45, 2.75) is 0 Å². The summed E-state index contributed by atoms with van der Waals surface area (Å²) in [6.45, 7) is 0. The van der Waals surface area contributed by atoms with Crippen molar-refractivity contribution >= 4 is 22.5 Å². The minimum absolute atomic E-state index is 0.187. The second-order valence-electron chi connectivity index (χ2n) is 5.43. The number of para-hydroxylation sites is 1. The van der Waals surface area contributed by atoms with Gasteiger partial charge in [0.15, 0.2) is 0 Å².